The van der Waals surface area contributed by atoms with Crippen molar-refractivity contribution in [2.24, 2.45) is 5.73 Å². The van der Waals surface area contributed by atoms with Gasteiger partial charge in [-0.05, 0) is 26.0 Å². The molecule has 0 aromatic heterocycles. The van der Waals surface area contributed by atoms with Crippen LogP contribution >= 0.6 is 0 Å². The minimum Gasteiger partial charge on any atom is -0.372 e. The summed E-state index contributed by atoms with van der Waals surface area (Å²) in [6.45, 7) is 5.91. The molecule has 0 bridgehead atoms. The van der Waals surface area contributed by atoms with Gasteiger partial charge in [-0.25, -0.2) is 0 Å². The number of anilines is 2. The second-order valence-corrected chi connectivity index (χ2v) is 5.78. The van der Waals surface area contributed by atoms with Gasteiger partial charge in [-0.15, -0.1) is 0 Å². The van der Waals surface area contributed by atoms with Crippen molar-refractivity contribution in [3.05, 3.63) is 23.8 Å². The van der Waals surface area contributed by atoms with Gasteiger partial charge in [0.15, 0.2) is 0 Å². The molecule has 0 spiro atoms. The van der Waals surface area contributed by atoms with E-state index in [1.807, 2.05) is 6.07 Å². The fourth-order valence-electron chi connectivity index (χ4n) is 3.13. The first-order valence-electron chi connectivity index (χ1n) is 7.05. The van der Waals surface area contributed by atoms with Crippen molar-refractivity contribution in [1.82, 2.24) is 0 Å². The molecule has 0 radical (unpaired) electrons. The number of fused-ring (bicyclic) bond motifs is 1. The minimum atomic E-state index is -0.522. The second kappa shape index (κ2) is 4.75. The number of rotatable bonds is 1. The molecule has 1 aromatic rings. The van der Waals surface area contributed by atoms with E-state index < -0.39 is 6.04 Å². The van der Waals surface area contributed by atoms with E-state index >= 15 is 0 Å². The Morgan fingerprint density at radius 2 is 1.90 bits per heavy atom. The van der Waals surface area contributed by atoms with Crippen LogP contribution in [0.2, 0.25) is 0 Å². The lowest BCUT2D eigenvalue weighted by Gasteiger charge is -2.37. The highest BCUT2D eigenvalue weighted by molar-refractivity contribution is 6.04. The monoisotopic (exact) mass is 275 g/mol. The van der Waals surface area contributed by atoms with Crippen molar-refractivity contribution in [2.45, 2.75) is 32.1 Å². The van der Waals surface area contributed by atoms with E-state index in [4.69, 9.17) is 10.5 Å². The van der Waals surface area contributed by atoms with Crippen molar-refractivity contribution in [2.75, 3.05) is 29.9 Å². The molecule has 20 heavy (non-hydrogen) atoms. The van der Waals surface area contributed by atoms with E-state index in [-0.39, 0.29) is 18.1 Å². The summed E-state index contributed by atoms with van der Waals surface area (Å²) in [6, 6.07) is 5.56. The molecule has 0 aliphatic carbocycles. The average Bonchev–Trinajstić information content (AvgIpc) is 2.62. The Kier molecular flexibility index (Phi) is 3.18. The SMILES string of the molecule is CC1CN(c2ccc3c(c2)N(C)C(=O)C3N)CC(C)O1. The number of morpholine rings is 1. The number of likely N-dealkylation sites (N-methyl/N-ethyl adjacent to an activating group) is 1. The molecule has 1 saturated heterocycles. The number of nitrogens with two attached hydrogens (primary N) is 1. The Morgan fingerprint density at radius 1 is 1.25 bits per heavy atom. The third kappa shape index (κ3) is 2.07. The van der Waals surface area contributed by atoms with Crippen LogP contribution in [0.4, 0.5) is 11.4 Å². The van der Waals surface area contributed by atoms with Gasteiger partial charge in [-0.3, -0.25) is 4.79 Å². The summed E-state index contributed by atoms with van der Waals surface area (Å²) in [6.07, 6.45) is 0.433. The molecule has 2 aliphatic rings. The Balaban J connectivity index is 1.92. The molecular formula is C15H21N3O2. The second-order valence-electron chi connectivity index (χ2n) is 5.78. The summed E-state index contributed by atoms with van der Waals surface area (Å²) < 4.78 is 5.76. The highest BCUT2D eigenvalue weighted by atomic mass is 16.5. The lowest BCUT2D eigenvalue weighted by molar-refractivity contribution is -0.118. The Hall–Kier alpha value is -1.59. The first-order chi connectivity index (χ1) is 9.47. The summed E-state index contributed by atoms with van der Waals surface area (Å²) in [5.41, 5.74) is 8.89. The van der Waals surface area contributed by atoms with Crippen molar-refractivity contribution in [3.63, 3.8) is 0 Å². The van der Waals surface area contributed by atoms with E-state index in [1.54, 1.807) is 11.9 Å². The molecule has 0 saturated carbocycles. The number of ether oxygens (including phenoxy) is 1. The molecular weight excluding hydrogens is 254 g/mol. The fraction of sp³-hybridized carbons (Fsp3) is 0.533. The van der Waals surface area contributed by atoms with Gasteiger partial charge in [-0.2, -0.15) is 0 Å². The Morgan fingerprint density at radius 3 is 2.55 bits per heavy atom. The topological polar surface area (TPSA) is 58.8 Å². The van der Waals surface area contributed by atoms with Crippen LogP contribution in [0.3, 0.4) is 0 Å². The fourth-order valence-corrected chi connectivity index (χ4v) is 3.13. The first kappa shape index (κ1) is 13.4. The molecule has 1 amide bonds. The molecule has 3 atom stereocenters. The number of amides is 1. The van der Waals surface area contributed by atoms with E-state index in [0.29, 0.717) is 0 Å². The molecule has 3 unspecified atom stereocenters. The minimum absolute atomic E-state index is 0.0409. The highest BCUT2D eigenvalue weighted by Gasteiger charge is 2.33. The van der Waals surface area contributed by atoms with Gasteiger partial charge in [0, 0.05) is 31.4 Å². The third-order valence-electron chi connectivity index (χ3n) is 4.09. The number of benzene rings is 1. The maximum absolute atomic E-state index is 11.9. The van der Waals surface area contributed by atoms with Crippen LogP contribution in [0.25, 0.3) is 0 Å². The summed E-state index contributed by atoms with van der Waals surface area (Å²) in [7, 11) is 1.78. The summed E-state index contributed by atoms with van der Waals surface area (Å²) in [4.78, 5) is 15.9. The smallest absolute Gasteiger partial charge is 0.248 e. The maximum atomic E-state index is 11.9. The van der Waals surface area contributed by atoms with Gasteiger partial charge in [-0.1, -0.05) is 6.07 Å². The number of carbonyl (C=O) groups excluding carboxylic acids is 1. The summed E-state index contributed by atoms with van der Waals surface area (Å²) in [5, 5.41) is 0. The molecule has 3 rings (SSSR count). The van der Waals surface area contributed by atoms with Crippen molar-refractivity contribution < 1.29 is 9.53 Å². The summed E-state index contributed by atoms with van der Waals surface area (Å²) in [5.74, 6) is -0.0409. The standard InChI is InChI=1S/C15H21N3O2/c1-9-7-18(8-10(2)20-9)11-4-5-12-13(6-11)17(3)15(19)14(12)16/h4-6,9-10,14H,7-8,16H2,1-3H3. The molecule has 1 fully saturated rings. The van der Waals surface area contributed by atoms with Gasteiger partial charge in [0.1, 0.15) is 6.04 Å². The molecule has 2 N–H and O–H groups in total. The van der Waals surface area contributed by atoms with E-state index in [2.05, 4.69) is 30.9 Å². The zero-order valence-corrected chi connectivity index (χ0v) is 12.2. The van der Waals surface area contributed by atoms with Gasteiger partial charge in [0.05, 0.1) is 17.9 Å². The van der Waals surface area contributed by atoms with Gasteiger partial charge in [0.25, 0.3) is 0 Å². The van der Waals surface area contributed by atoms with Gasteiger partial charge in [0.2, 0.25) is 5.91 Å². The molecule has 5 heteroatoms. The quantitative estimate of drug-likeness (QED) is 0.838. The van der Waals surface area contributed by atoms with Crippen molar-refractivity contribution >= 4 is 17.3 Å². The Bertz CT molecular complexity index is 536. The number of carbonyl (C=O) groups is 1. The van der Waals surface area contributed by atoms with Gasteiger partial charge < -0.3 is 20.3 Å². The first-order valence-corrected chi connectivity index (χ1v) is 7.05. The number of hydrogen-bond acceptors (Lipinski definition) is 4. The van der Waals surface area contributed by atoms with Crippen molar-refractivity contribution in [1.29, 1.82) is 0 Å². The number of nitrogens with zero attached hydrogens (tertiary/aromatic N) is 2. The van der Waals surface area contributed by atoms with Crippen LogP contribution in [0.1, 0.15) is 25.5 Å². The number of hydrogen-bond donors (Lipinski definition) is 1. The normalized spacial score (nSPS) is 29.8. The van der Waals surface area contributed by atoms with Crippen molar-refractivity contribution in [3.8, 4) is 0 Å². The lowest BCUT2D eigenvalue weighted by Crippen LogP contribution is -2.45. The predicted molar refractivity (Wildman–Crippen MR) is 79.0 cm³/mol. The van der Waals surface area contributed by atoms with Crippen LogP contribution in [-0.4, -0.2) is 38.3 Å². The zero-order chi connectivity index (χ0) is 14.4. The predicted octanol–water partition coefficient (Wildman–Crippen LogP) is 1.28. The van der Waals surface area contributed by atoms with E-state index in [1.165, 1.54) is 0 Å². The summed E-state index contributed by atoms with van der Waals surface area (Å²) >= 11 is 0. The maximum Gasteiger partial charge on any atom is 0.248 e. The molecule has 5 nitrogen and oxygen atoms in total. The average molecular weight is 275 g/mol. The Labute approximate surface area is 119 Å². The largest absolute Gasteiger partial charge is 0.372 e. The van der Waals surface area contributed by atoms with Crippen LogP contribution < -0.4 is 15.5 Å². The highest BCUT2D eigenvalue weighted by Crippen LogP contribution is 2.36. The van der Waals surface area contributed by atoms with Crippen LogP contribution in [0.15, 0.2) is 18.2 Å². The van der Waals surface area contributed by atoms with Crippen LogP contribution in [-0.2, 0) is 9.53 Å². The molecule has 2 aliphatic heterocycles. The lowest BCUT2D eigenvalue weighted by atomic mass is 10.1. The third-order valence-corrected chi connectivity index (χ3v) is 4.09. The van der Waals surface area contributed by atoms with Crippen LogP contribution in [0, 0.1) is 0 Å². The van der Waals surface area contributed by atoms with E-state index in [9.17, 15) is 4.79 Å². The zero-order valence-electron chi connectivity index (χ0n) is 12.2. The molecule has 1 aromatic carbocycles. The molecule has 108 valence electrons. The van der Waals surface area contributed by atoms with E-state index in [0.717, 1.165) is 30.0 Å². The molecule has 2 heterocycles. The van der Waals surface area contributed by atoms with Crippen LogP contribution in [0.5, 0.6) is 0 Å². The van der Waals surface area contributed by atoms with Gasteiger partial charge >= 0.3 is 0 Å².